The van der Waals surface area contributed by atoms with Crippen LogP contribution in [-0.2, 0) is 4.74 Å². The van der Waals surface area contributed by atoms with Gasteiger partial charge in [0.2, 0.25) is 0 Å². The van der Waals surface area contributed by atoms with Crippen molar-refractivity contribution >= 4 is 0 Å². The van der Waals surface area contributed by atoms with Gasteiger partial charge < -0.3 is 15.2 Å². The summed E-state index contributed by atoms with van der Waals surface area (Å²) < 4.78 is 5.81. The topological polar surface area (TPSA) is 41.5 Å². The van der Waals surface area contributed by atoms with E-state index in [1.807, 2.05) is 7.05 Å². The summed E-state index contributed by atoms with van der Waals surface area (Å²) >= 11 is 0. The van der Waals surface area contributed by atoms with E-state index in [-0.39, 0.29) is 12.1 Å². The number of unbranched alkanes of at least 4 members (excludes halogenated alkanes) is 2. The third-order valence-electron chi connectivity index (χ3n) is 3.50. The van der Waals surface area contributed by atoms with Crippen LogP contribution in [0.4, 0.5) is 0 Å². The first kappa shape index (κ1) is 12.9. The van der Waals surface area contributed by atoms with Crippen molar-refractivity contribution < 1.29 is 9.84 Å². The zero-order chi connectivity index (χ0) is 11.1. The molecule has 0 amide bonds. The van der Waals surface area contributed by atoms with Crippen molar-refractivity contribution in [3.05, 3.63) is 0 Å². The van der Waals surface area contributed by atoms with E-state index in [0.717, 1.165) is 25.9 Å². The Morgan fingerprint density at radius 1 is 1.47 bits per heavy atom. The molecule has 2 unspecified atom stereocenters. The highest BCUT2D eigenvalue weighted by Gasteiger charge is 2.37. The van der Waals surface area contributed by atoms with Gasteiger partial charge in [0.1, 0.15) is 0 Å². The molecule has 1 aliphatic carbocycles. The maximum atomic E-state index is 9.33. The zero-order valence-electron chi connectivity index (χ0n) is 10.1. The second kappa shape index (κ2) is 6.46. The number of hydrogen-bond acceptors (Lipinski definition) is 3. The third-order valence-corrected chi connectivity index (χ3v) is 3.50. The molecule has 3 heteroatoms. The molecular weight excluding hydrogens is 190 g/mol. The molecule has 2 N–H and O–H groups in total. The Hall–Kier alpha value is -0.120. The molecule has 0 bridgehead atoms. The summed E-state index contributed by atoms with van der Waals surface area (Å²) in [5.74, 6) is 0. The van der Waals surface area contributed by atoms with Crippen molar-refractivity contribution in [3.8, 4) is 0 Å². The average molecular weight is 215 g/mol. The molecule has 0 aromatic carbocycles. The Bertz CT molecular complexity index is 169. The molecule has 1 saturated carbocycles. The molecule has 2 atom stereocenters. The van der Waals surface area contributed by atoms with Gasteiger partial charge in [-0.05, 0) is 32.7 Å². The molecule has 1 fully saturated rings. The Morgan fingerprint density at radius 2 is 2.27 bits per heavy atom. The lowest BCUT2D eigenvalue weighted by atomic mass is 9.99. The van der Waals surface area contributed by atoms with Crippen molar-refractivity contribution in [2.45, 2.75) is 57.1 Å². The maximum absolute atomic E-state index is 9.33. The summed E-state index contributed by atoms with van der Waals surface area (Å²) in [5.41, 5.74) is -0.0740. The molecule has 1 rings (SSSR count). The monoisotopic (exact) mass is 215 g/mol. The van der Waals surface area contributed by atoms with Crippen molar-refractivity contribution in [1.29, 1.82) is 0 Å². The lowest BCUT2D eigenvalue weighted by Crippen LogP contribution is -2.44. The lowest BCUT2D eigenvalue weighted by Gasteiger charge is -2.26. The second-order valence-electron chi connectivity index (χ2n) is 4.63. The summed E-state index contributed by atoms with van der Waals surface area (Å²) in [7, 11) is 1.93. The van der Waals surface area contributed by atoms with Crippen LogP contribution in [-0.4, -0.2) is 37.0 Å². The number of rotatable bonds is 7. The van der Waals surface area contributed by atoms with Crippen LogP contribution < -0.4 is 5.32 Å². The molecule has 15 heavy (non-hydrogen) atoms. The highest BCUT2D eigenvalue weighted by molar-refractivity contribution is 4.95. The van der Waals surface area contributed by atoms with Crippen molar-refractivity contribution in [1.82, 2.24) is 5.32 Å². The number of aliphatic hydroxyl groups is 1. The van der Waals surface area contributed by atoms with E-state index in [1.54, 1.807) is 0 Å². The van der Waals surface area contributed by atoms with E-state index >= 15 is 0 Å². The molecular formula is C12H25NO2. The highest BCUT2D eigenvalue weighted by Crippen LogP contribution is 2.31. The van der Waals surface area contributed by atoms with Gasteiger partial charge >= 0.3 is 0 Å². The van der Waals surface area contributed by atoms with Gasteiger partial charge in [0.15, 0.2) is 0 Å². The van der Waals surface area contributed by atoms with Gasteiger partial charge in [-0.1, -0.05) is 19.8 Å². The maximum Gasteiger partial charge on any atom is 0.0614 e. The van der Waals surface area contributed by atoms with E-state index in [9.17, 15) is 5.11 Å². The van der Waals surface area contributed by atoms with Gasteiger partial charge in [-0.2, -0.15) is 0 Å². The van der Waals surface area contributed by atoms with E-state index < -0.39 is 0 Å². The predicted molar refractivity (Wildman–Crippen MR) is 62.0 cm³/mol. The van der Waals surface area contributed by atoms with Crippen molar-refractivity contribution in [2.75, 3.05) is 20.3 Å². The first-order valence-electron chi connectivity index (χ1n) is 6.17. The number of likely N-dealkylation sites (N-methyl/N-ethyl adjacent to an activating group) is 1. The van der Waals surface area contributed by atoms with Crippen LogP contribution in [0.5, 0.6) is 0 Å². The number of ether oxygens (including phenoxy) is 1. The number of nitrogens with one attached hydrogen (secondary N) is 1. The SMILES string of the molecule is CCCCCOC1CCC(CO)(NC)C1. The lowest BCUT2D eigenvalue weighted by molar-refractivity contribution is 0.0454. The fraction of sp³-hybridized carbons (Fsp3) is 1.00. The zero-order valence-corrected chi connectivity index (χ0v) is 10.1. The molecule has 0 heterocycles. The normalized spacial score (nSPS) is 31.0. The Labute approximate surface area is 93.2 Å². The Morgan fingerprint density at radius 3 is 2.80 bits per heavy atom. The van der Waals surface area contributed by atoms with E-state index in [2.05, 4.69) is 12.2 Å². The van der Waals surface area contributed by atoms with Gasteiger partial charge in [0, 0.05) is 12.1 Å². The van der Waals surface area contributed by atoms with Gasteiger partial charge in [-0.25, -0.2) is 0 Å². The molecule has 0 aliphatic heterocycles. The van der Waals surface area contributed by atoms with E-state index in [0.29, 0.717) is 6.10 Å². The average Bonchev–Trinajstić information content (AvgIpc) is 2.69. The fourth-order valence-electron chi connectivity index (χ4n) is 2.27. The quantitative estimate of drug-likeness (QED) is 0.635. The molecule has 0 spiro atoms. The molecule has 3 nitrogen and oxygen atoms in total. The van der Waals surface area contributed by atoms with Crippen LogP contribution in [0, 0.1) is 0 Å². The highest BCUT2D eigenvalue weighted by atomic mass is 16.5. The van der Waals surface area contributed by atoms with Crippen LogP contribution >= 0.6 is 0 Å². The van der Waals surface area contributed by atoms with Crippen LogP contribution in [0.2, 0.25) is 0 Å². The summed E-state index contributed by atoms with van der Waals surface area (Å²) in [6.07, 6.45) is 7.06. The van der Waals surface area contributed by atoms with Crippen LogP contribution in [0.15, 0.2) is 0 Å². The minimum atomic E-state index is -0.0740. The molecule has 0 saturated heterocycles. The van der Waals surface area contributed by atoms with Crippen LogP contribution in [0.3, 0.4) is 0 Å². The van der Waals surface area contributed by atoms with Crippen molar-refractivity contribution in [2.24, 2.45) is 0 Å². The van der Waals surface area contributed by atoms with Crippen LogP contribution in [0.1, 0.15) is 45.4 Å². The first-order valence-corrected chi connectivity index (χ1v) is 6.17. The molecule has 0 aromatic rings. The summed E-state index contributed by atoms with van der Waals surface area (Å²) in [6.45, 7) is 3.30. The van der Waals surface area contributed by atoms with Gasteiger partial charge in [-0.15, -0.1) is 0 Å². The molecule has 0 aromatic heterocycles. The first-order chi connectivity index (χ1) is 7.26. The predicted octanol–water partition coefficient (Wildman–Crippen LogP) is 1.70. The van der Waals surface area contributed by atoms with Gasteiger partial charge in [0.05, 0.1) is 12.7 Å². The van der Waals surface area contributed by atoms with E-state index in [1.165, 1.54) is 19.3 Å². The molecule has 0 radical (unpaired) electrons. The second-order valence-corrected chi connectivity index (χ2v) is 4.63. The van der Waals surface area contributed by atoms with Crippen molar-refractivity contribution in [3.63, 3.8) is 0 Å². The van der Waals surface area contributed by atoms with Crippen LogP contribution in [0.25, 0.3) is 0 Å². The molecule has 90 valence electrons. The van der Waals surface area contributed by atoms with E-state index in [4.69, 9.17) is 4.74 Å². The Balaban J connectivity index is 2.18. The van der Waals surface area contributed by atoms with Gasteiger partial charge in [-0.3, -0.25) is 0 Å². The molecule has 1 aliphatic rings. The number of hydrogen-bond donors (Lipinski definition) is 2. The summed E-state index contributed by atoms with van der Waals surface area (Å²) in [5, 5.41) is 12.6. The summed E-state index contributed by atoms with van der Waals surface area (Å²) in [4.78, 5) is 0. The standard InChI is InChI=1S/C12H25NO2/c1-3-4-5-8-15-11-6-7-12(9-11,10-14)13-2/h11,13-14H,3-10H2,1-2H3. The Kier molecular flexibility index (Phi) is 5.58. The van der Waals surface area contributed by atoms with Gasteiger partial charge in [0.25, 0.3) is 0 Å². The number of aliphatic hydroxyl groups excluding tert-OH is 1. The smallest absolute Gasteiger partial charge is 0.0614 e. The largest absolute Gasteiger partial charge is 0.394 e. The third kappa shape index (κ3) is 3.74. The fourth-order valence-corrected chi connectivity index (χ4v) is 2.27. The minimum Gasteiger partial charge on any atom is -0.394 e. The minimum absolute atomic E-state index is 0.0740. The summed E-state index contributed by atoms with van der Waals surface area (Å²) in [6, 6.07) is 0.